The number of aromatic hydroxyl groups is 1. The summed E-state index contributed by atoms with van der Waals surface area (Å²) in [6.07, 6.45) is -10.7. The van der Waals surface area contributed by atoms with Gasteiger partial charge in [-0.15, -0.1) is 0 Å². The number of carbonyl (C=O) groups excluding carboxylic acids is 1. The summed E-state index contributed by atoms with van der Waals surface area (Å²) >= 11 is 0. The molecule has 0 spiro atoms. The standard InChI is InChI=1S/C34H33N3O16S/c1-16(49-32-33(37(44)53-36-32)54(45,46)19-7-5-4-6-8-19)15-35-31(43)30-27(41)26(40)28(42)34(52-30)51-23-14-22-24(25(39)29(23)48-3)20(38)13-21(50-22)17-9-11-18(47-2)12-10-17/h4-14,16,26-28,30,34,39-42H,15H2,1-3H3,(H,35,43)/t16?,26-,27-,28+,30-,34+/m0/s1. The third-order valence-electron chi connectivity index (χ3n) is 8.29. The molecule has 1 aliphatic heterocycles. The monoisotopic (exact) mass is 771 g/mol. The van der Waals surface area contributed by atoms with Crippen LogP contribution in [0.15, 0.2) is 90.5 Å². The number of hydrogen-bond acceptors (Lipinski definition) is 17. The summed E-state index contributed by atoms with van der Waals surface area (Å²) in [7, 11) is -1.78. The van der Waals surface area contributed by atoms with Crippen molar-refractivity contribution in [3.8, 4) is 40.2 Å². The number of nitrogens with zero attached hydrogens (tertiary/aromatic N) is 2. The lowest BCUT2D eigenvalue weighted by atomic mass is 9.98. The van der Waals surface area contributed by atoms with E-state index in [1.165, 1.54) is 50.4 Å². The van der Waals surface area contributed by atoms with Gasteiger partial charge in [0.1, 0.15) is 46.9 Å². The number of rotatable bonds is 12. The molecule has 1 fully saturated rings. The number of benzene rings is 3. The SMILES string of the molecule is COc1ccc(-c2cc(=O)c3c(O)c(OC)c(O[C@@H]4O[C@H](C(=O)NCC(C)Oc5no[n+]([O-])c5S(=O)(=O)c5ccccc5)[C@@H](O)[C@H](O)[C@H]4O)cc3o2)cc1. The molecule has 0 saturated carbocycles. The highest BCUT2D eigenvalue weighted by molar-refractivity contribution is 7.91. The summed E-state index contributed by atoms with van der Waals surface area (Å²) in [6, 6.07) is 15.9. The number of aromatic nitrogens is 2. The topological polar surface area (TPSA) is 273 Å². The number of phenolic OH excluding ortho intramolecular Hbond substituents is 1. The highest BCUT2D eigenvalue weighted by atomic mass is 32.2. The van der Waals surface area contributed by atoms with Gasteiger partial charge in [-0.05, 0) is 48.2 Å². The minimum Gasteiger partial charge on any atom is -0.504 e. The van der Waals surface area contributed by atoms with Crippen molar-refractivity contribution >= 4 is 26.7 Å². The quantitative estimate of drug-likeness (QED) is 0.107. The Kier molecular flexibility index (Phi) is 10.6. The van der Waals surface area contributed by atoms with E-state index in [1.54, 1.807) is 30.3 Å². The van der Waals surface area contributed by atoms with Crippen LogP contribution in [0.5, 0.6) is 28.9 Å². The smallest absolute Gasteiger partial charge is 0.415 e. The number of aliphatic hydroxyl groups is 3. The number of nitrogens with one attached hydrogen (secondary N) is 1. The normalized spacial score (nSPS) is 20.6. The number of phenols is 1. The summed E-state index contributed by atoms with van der Waals surface area (Å²) < 4.78 is 63.8. The van der Waals surface area contributed by atoms with Gasteiger partial charge in [0.05, 0.1) is 30.8 Å². The molecular formula is C34H33N3O16S. The maximum absolute atomic E-state index is 13.2. The van der Waals surface area contributed by atoms with Gasteiger partial charge in [-0.2, -0.15) is 0 Å². The zero-order chi connectivity index (χ0) is 38.9. The van der Waals surface area contributed by atoms with E-state index in [9.17, 15) is 43.6 Å². The van der Waals surface area contributed by atoms with Crippen molar-refractivity contribution < 1.29 is 71.3 Å². The first kappa shape index (κ1) is 37.8. The van der Waals surface area contributed by atoms with Gasteiger partial charge in [0.25, 0.3) is 15.7 Å². The lowest BCUT2D eigenvalue weighted by molar-refractivity contribution is -0.832. The number of carbonyl (C=O) groups is 1. The zero-order valence-corrected chi connectivity index (χ0v) is 29.3. The first-order chi connectivity index (χ1) is 25.7. The Bertz CT molecular complexity index is 2310. The van der Waals surface area contributed by atoms with E-state index in [0.29, 0.717) is 11.3 Å². The fourth-order valence-corrected chi connectivity index (χ4v) is 6.82. The molecule has 0 bridgehead atoms. The molecule has 20 heteroatoms. The fourth-order valence-electron chi connectivity index (χ4n) is 5.53. The van der Waals surface area contributed by atoms with Gasteiger partial charge in [0.15, 0.2) is 23.0 Å². The van der Waals surface area contributed by atoms with Crippen LogP contribution >= 0.6 is 0 Å². The molecular weight excluding hydrogens is 738 g/mol. The van der Waals surface area contributed by atoms with E-state index < -0.39 is 74.6 Å². The van der Waals surface area contributed by atoms with Gasteiger partial charge in [-0.3, -0.25) is 14.2 Å². The third-order valence-corrected chi connectivity index (χ3v) is 10.0. The van der Waals surface area contributed by atoms with E-state index in [2.05, 4.69) is 15.1 Å². The minimum absolute atomic E-state index is 0.123. The molecule has 3 heterocycles. The van der Waals surface area contributed by atoms with Crippen LogP contribution in [0.25, 0.3) is 22.3 Å². The highest BCUT2D eigenvalue weighted by Gasteiger charge is 2.48. The van der Waals surface area contributed by atoms with E-state index in [-0.39, 0.29) is 44.6 Å². The van der Waals surface area contributed by atoms with Crippen LogP contribution in [0.2, 0.25) is 0 Å². The molecule has 54 heavy (non-hydrogen) atoms. The van der Waals surface area contributed by atoms with Gasteiger partial charge < -0.3 is 59.1 Å². The molecule has 0 aliphatic carbocycles. The third kappa shape index (κ3) is 7.19. The number of amides is 1. The second-order valence-corrected chi connectivity index (χ2v) is 13.7. The van der Waals surface area contributed by atoms with Gasteiger partial charge in [-0.1, -0.05) is 18.2 Å². The Labute approximate surface area is 304 Å². The van der Waals surface area contributed by atoms with Crippen LogP contribution in [-0.2, 0) is 19.4 Å². The molecule has 286 valence electrons. The Balaban J connectivity index is 1.19. The lowest BCUT2D eigenvalue weighted by Crippen LogP contribution is -2.63. The number of fused-ring (bicyclic) bond motifs is 1. The maximum atomic E-state index is 13.2. The molecule has 2 aromatic heterocycles. The molecule has 19 nitrogen and oxygen atoms in total. The molecule has 3 aromatic carbocycles. The second-order valence-electron chi connectivity index (χ2n) is 11.9. The summed E-state index contributed by atoms with van der Waals surface area (Å²) in [5, 5.41) is 59.9. The van der Waals surface area contributed by atoms with Crippen molar-refractivity contribution in [1.29, 1.82) is 0 Å². The summed E-state index contributed by atoms with van der Waals surface area (Å²) in [4.78, 5) is 25.8. The van der Waals surface area contributed by atoms with Crippen LogP contribution in [0.3, 0.4) is 0 Å². The Morgan fingerprint density at radius 2 is 1.72 bits per heavy atom. The van der Waals surface area contributed by atoms with E-state index in [4.69, 9.17) is 28.1 Å². The summed E-state index contributed by atoms with van der Waals surface area (Å²) in [6.45, 7) is 1.01. The Hall–Kier alpha value is -5.93. The summed E-state index contributed by atoms with van der Waals surface area (Å²) in [5.74, 6) is -2.43. The predicted octanol–water partition coefficient (Wildman–Crippen LogP) is 0.407. The molecule has 1 saturated heterocycles. The number of methoxy groups -OCH3 is 2. The van der Waals surface area contributed by atoms with Crippen LogP contribution in [0.4, 0.5) is 0 Å². The van der Waals surface area contributed by atoms with Crippen LogP contribution in [0.1, 0.15) is 6.92 Å². The summed E-state index contributed by atoms with van der Waals surface area (Å²) in [5.41, 5.74) is -0.293. The van der Waals surface area contributed by atoms with Crippen molar-refractivity contribution in [2.45, 2.75) is 53.7 Å². The molecule has 5 aromatic rings. The van der Waals surface area contributed by atoms with E-state index in [1.807, 2.05) is 0 Å². The molecule has 6 rings (SSSR count). The van der Waals surface area contributed by atoms with Crippen LogP contribution in [-0.4, -0.2) is 97.5 Å². The van der Waals surface area contributed by atoms with Crippen molar-refractivity contribution in [3.05, 3.63) is 82.2 Å². The molecule has 1 aliphatic rings. The Morgan fingerprint density at radius 1 is 1.02 bits per heavy atom. The molecule has 6 atom stereocenters. The maximum Gasteiger partial charge on any atom is 0.415 e. The molecule has 0 radical (unpaired) electrons. The van der Waals surface area contributed by atoms with Gasteiger partial charge >= 0.3 is 10.9 Å². The first-order valence-electron chi connectivity index (χ1n) is 16.0. The largest absolute Gasteiger partial charge is 0.504 e. The first-order valence-corrected chi connectivity index (χ1v) is 17.5. The average molecular weight is 772 g/mol. The van der Waals surface area contributed by atoms with Crippen molar-refractivity contribution in [2.24, 2.45) is 0 Å². The van der Waals surface area contributed by atoms with Crippen molar-refractivity contribution in [1.82, 2.24) is 10.5 Å². The lowest BCUT2D eigenvalue weighted by Gasteiger charge is -2.39. The van der Waals surface area contributed by atoms with Gasteiger partial charge in [-0.25, -0.2) is 8.42 Å². The highest BCUT2D eigenvalue weighted by Crippen LogP contribution is 2.43. The van der Waals surface area contributed by atoms with Gasteiger partial charge in [0.2, 0.25) is 12.0 Å². The van der Waals surface area contributed by atoms with Crippen molar-refractivity contribution in [3.63, 3.8) is 0 Å². The number of hydrogen-bond donors (Lipinski definition) is 5. The predicted molar refractivity (Wildman–Crippen MR) is 180 cm³/mol. The van der Waals surface area contributed by atoms with E-state index >= 15 is 0 Å². The molecule has 5 N–H and O–H groups in total. The molecule has 1 amide bonds. The number of aliphatic hydroxyl groups excluding tert-OH is 3. The second kappa shape index (κ2) is 15.2. The van der Waals surface area contributed by atoms with Crippen LogP contribution < -0.4 is 34.6 Å². The average Bonchev–Trinajstić information content (AvgIpc) is 3.54. The van der Waals surface area contributed by atoms with E-state index in [0.717, 1.165) is 7.11 Å². The van der Waals surface area contributed by atoms with Crippen LogP contribution in [0, 0.1) is 5.21 Å². The van der Waals surface area contributed by atoms with Crippen molar-refractivity contribution in [2.75, 3.05) is 20.8 Å². The number of sulfone groups is 1. The van der Waals surface area contributed by atoms with Gasteiger partial charge in [0, 0.05) is 17.7 Å². The number of ether oxygens (including phenoxy) is 5. The zero-order valence-electron chi connectivity index (χ0n) is 28.5. The Morgan fingerprint density at radius 3 is 2.39 bits per heavy atom. The minimum atomic E-state index is -4.43. The fraction of sp³-hybridized carbons (Fsp3) is 0.294. The molecule has 1 unspecified atom stereocenters.